The molecule has 0 saturated heterocycles. The molecule has 7 rings (SSSR count). The molecule has 0 aliphatic heterocycles. The first kappa shape index (κ1) is 22.8. The lowest BCUT2D eigenvalue weighted by Gasteiger charge is -2.33. The van der Waals surface area contributed by atoms with Crippen LogP contribution in [0.3, 0.4) is 0 Å². The lowest BCUT2D eigenvalue weighted by atomic mass is 9.84. The average molecular weight is 490 g/mol. The molecule has 0 N–H and O–H groups in total. The van der Waals surface area contributed by atoms with Crippen molar-refractivity contribution < 1.29 is 0 Å². The van der Waals surface area contributed by atoms with Crippen molar-refractivity contribution in [3.05, 3.63) is 137 Å². The Morgan fingerprint density at radius 2 is 1.39 bits per heavy atom. The zero-order valence-corrected chi connectivity index (χ0v) is 21.7. The maximum absolute atomic E-state index is 2.52. The highest BCUT2D eigenvalue weighted by Crippen LogP contribution is 2.39. The summed E-state index contributed by atoms with van der Waals surface area (Å²) < 4.78 is 0. The third-order valence-corrected chi connectivity index (χ3v) is 8.17. The van der Waals surface area contributed by atoms with Crippen molar-refractivity contribution in [2.75, 3.05) is 4.90 Å². The average Bonchev–Trinajstić information content (AvgIpc) is 2.98. The lowest BCUT2D eigenvalue weighted by molar-refractivity contribution is 0.779. The number of hydrogen-bond acceptors (Lipinski definition) is 1. The SMILES string of the molecule is CC1CC=Cc2ccc3cc(N(c4ccc(-c5ccccc5)cc4)C4C=c5ccccc5=CC4)ccc3c21. The molecule has 5 aromatic carbocycles. The van der Waals surface area contributed by atoms with Gasteiger partial charge in [0.05, 0.1) is 6.04 Å². The Bertz CT molecular complexity index is 1780. The molecule has 1 nitrogen and oxygen atoms in total. The maximum atomic E-state index is 2.52. The van der Waals surface area contributed by atoms with Crippen LogP contribution in [0.5, 0.6) is 0 Å². The summed E-state index contributed by atoms with van der Waals surface area (Å²) in [5.41, 5.74) is 7.79. The zero-order chi connectivity index (χ0) is 25.5. The van der Waals surface area contributed by atoms with Crippen molar-refractivity contribution in [1.29, 1.82) is 0 Å². The van der Waals surface area contributed by atoms with Crippen molar-refractivity contribution in [3.63, 3.8) is 0 Å². The van der Waals surface area contributed by atoms with E-state index in [9.17, 15) is 0 Å². The molecule has 5 aromatic rings. The van der Waals surface area contributed by atoms with Crippen molar-refractivity contribution >= 4 is 40.4 Å². The minimum atomic E-state index is 0.240. The van der Waals surface area contributed by atoms with E-state index in [-0.39, 0.29) is 6.04 Å². The molecule has 0 spiro atoms. The van der Waals surface area contributed by atoms with Crippen LogP contribution < -0.4 is 15.3 Å². The fourth-order valence-electron chi connectivity index (χ4n) is 6.25. The lowest BCUT2D eigenvalue weighted by Crippen LogP contribution is -2.37. The van der Waals surface area contributed by atoms with Gasteiger partial charge < -0.3 is 4.90 Å². The first-order valence-electron chi connectivity index (χ1n) is 13.7. The van der Waals surface area contributed by atoms with Crippen molar-refractivity contribution in [1.82, 2.24) is 0 Å². The van der Waals surface area contributed by atoms with E-state index < -0.39 is 0 Å². The third-order valence-electron chi connectivity index (χ3n) is 8.17. The molecule has 38 heavy (non-hydrogen) atoms. The summed E-state index contributed by atoms with van der Waals surface area (Å²) >= 11 is 0. The fourth-order valence-corrected chi connectivity index (χ4v) is 6.25. The van der Waals surface area contributed by atoms with Crippen LogP contribution in [-0.4, -0.2) is 6.04 Å². The molecule has 0 radical (unpaired) electrons. The molecule has 0 heterocycles. The highest BCUT2D eigenvalue weighted by Gasteiger charge is 2.22. The summed E-state index contributed by atoms with van der Waals surface area (Å²) in [4.78, 5) is 2.52. The summed E-state index contributed by atoms with van der Waals surface area (Å²) in [5.74, 6) is 0.545. The summed E-state index contributed by atoms with van der Waals surface area (Å²) in [6, 6.07) is 40.3. The quantitative estimate of drug-likeness (QED) is 0.246. The van der Waals surface area contributed by atoms with Gasteiger partial charge in [0.25, 0.3) is 0 Å². The Morgan fingerprint density at radius 3 is 2.24 bits per heavy atom. The molecule has 1 heteroatoms. The highest BCUT2D eigenvalue weighted by molar-refractivity contribution is 5.93. The summed E-state index contributed by atoms with van der Waals surface area (Å²) in [5, 5.41) is 5.34. The summed E-state index contributed by atoms with van der Waals surface area (Å²) in [6.45, 7) is 2.35. The van der Waals surface area contributed by atoms with Gasteiger partial charge >= 0.3 is 0 Å². The van der Waals surface area contributed by atoms with Crippen LogP contribution in [0.25, 0.3) is 40.1 Å². The molecule has 0 fully saturated rings. The van der Waals surface area contributed by atoms with Crippen molar-refractivity contribution in [3.8, 4) is 11.1 Å². The second-order valence-electron chi connectivity index (χ2n) is 10.6. The van der Waals surface area contributed by atoms with Crippen LogP contribution in [0.4, 0.5) is 11.4 Å². The van der Waals surface area contributed by atoms with E-state index in [0.717, 1.165) is 12.8 Å². The minimum Gasteiger partial charge on any atom is -0.334 e. The predicted octanol–water partition coefficient (Wildman–Crippen LogP) is 8.20. The van der Waals surface area contributed by atoms with Crippen LogP contribution in [0.15, 0.2) is 115 Å². The molecule has 2 unspecified atom stereocenters. The number of fused-ring (bicyclic) bond motifs is 4. The molecular weight excluding hydrogens is 458 g/mol. The third kappa shape index (κ3) is 4.05. The van der Waals surface area contributed by atoms with Gasteiger partial charge in [-0.05, 0) is 86.5 Å². The number of nitrogens with zero attached hydrogens (tertiary/aromatic N) is 1. The Morgan fingerprint density at radius 1 is 0.658 bits per heavy atom. The van der Waals surface area contributed by atoms with Crippen LogP contribution in [0.1, 0.15) is 36.8 Å². The zero-order valence-electron chi connectivity index (χ0n) is 21.7. The van der Waals surface area contributed by atoms with Gasteiger partial charge in [0.1, 0.15) is 0 Å². The predicted molar refractivity (Wildman–Crippen MR) is 163 cm³/mol. The maximum Gasteiger partial charge on any atom is 0.0566 e. The van der Waals surface area contributed by atoms with E-state index in [1.165, 1.54) is 54.8 Å². The standard InChI is InChI=1S/C37H31N/c1-26-8-7-13-30-14-15-32-25-35(22-23-36(32)37(26)30)38(34-21-18-28-11-5-6-12-31(28)24-34)33-19-16-29(17-20-33)27-9-3-2-4-10-27/h2-7,9-20,22-26,34H,8,21H2,1H3. The van der Waals surface area contributed by atoms with E-state index in [1.807, 2.05) is 0 Å². The topological polar surface area (TPSA) is 3.24 Å². The molecule has 0 amide bonds. The molecule has 184 valence electrons. The van der Waals surface area contributed by atoms with E-state index in [2.05, 4.69) is 145 Å². The summed E-state index contributed by atoms with van der Waals surface area (Å²) in [6.07, 6.45) is 11.5. The second-order valence-corrected chi connectivity index (χ2v) is 10.6. The molecule has 0 saturated carbocycles. The van der Waals surface area contributed by atoms with Crippen LogP contribution >= 0.6 is 0 Å². The Balaban J connectivity index is 1.35. The Kier molecular flexibility index (Phi) is 5.70. The van der Waals surface area contributed by atoms with Gasteiger partial charge in [0.2, 0.25) is 0 Å². The number of hydrogen-bond donors (Lipinski definition) is 0. The molecule has 0 bridgehead atoms. The smallest absolute Gasteiger partial charge is 0.0566 e. The van der Waals surface area contributed by atoms with Gasteiger partial charge in [-0.3, -0.25) is 0 Å². The number of allylic oxidation sites excluding steroid dienone is 1. The van der Waals surface area contributed by atoms with E-state index in [4.69, 9.17) is 0 Å². The first-order chi connectivity index (χ1) is 18.7. The molecule has 0 aromatic heterocycles. The van der Waals surface area contributed by atoms with Gasteiger partial charge in [-0.2, -0.15) is 0 Å². The number of benzene rings is 5. The van der Waals surface area contributed by atoms with Crippen LogP contribution in [0.2, 0.25) is 0 Å². The molecule has 2 aliphatic carbocycles. The number of rotatable bonds is 4. The number of anilines is 2. The monoisotopic (exact) mass is 489 g/mol. The van der Waals surface area contributed by atoms with Crippen LogP contribution in [0, 0.1) is 0 Å². The van der Waals surface area contributed by atoms with Crippen LogP contribution in [-0.2, 0) is 0 Å². The van der Waals surface area contributed by atoms with Crippen molar-refractivity contribution in [2.24, 2.45) is 0 Å². The molecule has 2 atom stereocenters. The van der Waals surface area contributed by atoms with E-state index in [0.29, 0.717) is 5.92 Å². The van der Waals surface area contributed by atoms with Gasteiger partial charge in [-0.15, -0.1) is 0 Å². The first-order valence-corrected chi connectivity index (χ1v) is 13.7. The second kappa shape index (κ2) is 9.50. The van der Waals surface area contributed by atoms with Gasteiger partial charge in [-0.1, -0.05) is 116 Å². The van der Waals surface area contributed by atoms with Crippen molar-refractivity contribution in [2.45, 2.75) is 31.7 Å². The van der Waals surface area contributed by atoms with Gasteiger partial charge in [0, 0.05) is 11.4 Å². The largest absolute Gasteiger partial charge is 0.334 e. The molecule has 2 aliphatic rings. The van der Waals surface area contributed by atoms with Gasteiger partial charge in [0.15, 0.2) is 0 Å². The Labute approximate surface area is 224 Å². The van der Waals surface area contributed by atoms with E-state index >= 15 is 0 Å². The molecular formula is C37H31N. The van der Waals surface area contributed by atoms with Gasteiger partial charge in [-0.25, -0.2) is 0 Å². The Hall–Kier alpha value is -4.36. The normalized spacial score (nSPS) is 17.7. The fraction of sp³-hybridized carbons (Fsp3) is 0.135. The van der Waals surface area contributed by atoms with E-state index in [1.54, 1.807) is 0 Å². The minimum absolute atomic E-state index is 0.240. The highest BCUT2D eigenvalue weighted by atomic mass is 15.2. The summed E-state index contributed by atoms with van der Waals surface area (Å²) in [7, 11) is 0.